The average Bonchev–Trinajstić information content (AvgIpc) is 2.03. The SMILES string of the molecule is O=c1[c]cc2ccc(O)cc2o1. The number of phenolic OH excluding ortho intramolecular Hbond substituents is 1. The lowest BCUT2D eigenvalue weighted by atomic mass is 10.2. The van der Waals surface area contributed by atoms with E-state index >= 15 is 0 Å². The highest BCUT2D eigenvalue weighted by Crippen LogP contribution is 2.17. The number of hydrogen-bond donors (Lipinski definition) is 1. The van der Waals surface area contributed by atoms with Crippen LogP contribution in [0.15, 0.2) is 33.5 Å². The average molecular weight is 161 g/mol. The molecule has 0 bridgehead atoms. The second-order valence-electron chi connectivity index (χ2n) is 2.40. The van der Waals surface area contributed by atoms with Gasteiger partial charge in [0.25, 0.3) is 0 Å². The van der Waals surface area contributed by atoms with E-state index in [1.54, 1.807) is 6.07 Å². The van der Waals surface area contributed by atoms with Crippen LogP contribution in [0.4, 0.5) is 0 Å². The minimum Gasteiger partial charge on any atom is -0.508 e. The van der Waals surface area contributed by atoms with Gasteiger partial charge in [-0.05, 0) is 18.2 Å². The molecule has 3 heteroatoms. The van der Waals surface area contributed by atoms with Crippen LogP contribution in [0.3, 0.4) is 0 Å². The smallest absolute Gasteiger partial charge is 0.344 e. The van der Waals surface area contributed by atoms with Crippen molar-refractivity contribution in [3.63, 3.8) is 0 Å². The minimum absolute atomic E-state index is 0.0804. The van der Waals surface area contributed by atoms with Crippen molar-refractivity contribution in [2.45, 2.75) is 0 Å². The Morgan fingerprint density at radius 1 is 1.42 bits per heavy atom. The fourth-order valence-corrected chi connectivity index (χ4v) is 0.997. The maximum Gasteiger partial charge on any atom is 0.344 e. The molecule has 0 saturated heterocycles. The van der Waals surface area contributed by atoms with Crippen LogP contribution in [-0.4, -0.2) is 5.11 Å². The first-order valence-corrected chi connectivity index (χ1v) is 3.40. The molecule has 3 nitrogen and oxygen atoms in total. The van der Waals surface area contributed by atoms with Gasteiger partial charge in [0.15, 0.2) is 0 Å². The number of aromatic hydroxyl groups is 1. The van der Waals surface area contributed by atoms with Crippen LogP contribution < -0.4 is 5.63 Å². The van der Waals surface area contributed by atoms with Gasteiger partial charge in [0.1, 0.15) is 11.3 Å². The largest absolute Gasteiger partial charge is 0.508 e. The van der Waals surface area contributed by atoms with Crippen LogP contribution in [0.1, 0.15) is 0 Å². The van der Waals surface area contributed by atoms with Crippen LogP contribution in [-0.2, 0) is 0 Å². The maximum atomic E-state index is 10.7. The molecule has 1 aromatic carbocycles. The van der Waals surface area contributed by atoms with E-state index in [0.29, 0.717) is 5.58 Å². The van der Waals surface area contributed by atoms with Crippen molar-refractivity contribution in [3.8, 4) is 5.75 Å². The first-order valence-electron chi connectivity index (χ1n) is 3.40. The maximum absolute atomic E-state index is 10.7. The number of hydrogen-bond acceptors (Lipinski definition) is 3. The molecule has 0 aliphatic rings. The van der Waals surface area contributed by atoms with E-state index in [0.717, 1.165) is 5.39 Å². The molecule has 0 saturated carbocycles. The summed E-state index contributed by atoms with van der Waals surface area (Å²) in [6.45, 7) is 0. The van der Waals surface area contributed by atoms with Gasteiger partial charge in [0.2, 0.25) is 0 Å². The molecule has 1 heterocycles. The zero-order chi connectivity index (χ0) is 8.55. The van der Waals surface area contributed by atoms with Crippen molar-refractivity contribution >= 4 is 11.0 Å². The van der Waals surface area contributed by atoms with Crippen molar-refractivity contribution in [3.05, 3.63) is 40.8 Å². The predicted octanol–water partition coefficient (Wildman–Crippen LogP) is 1.30. The van der Waals surface area contributed by atoms with E-state index in [4.69, 9.17) is 9.52 Å². The van der Waals surface area contributed by atoms with Crippen molar-refractivity contribution < 1.29 is 9.52 Å². The van der Waals surface area contributed by atoms with Gasteiger partial charge >= 0.3 is 5.63 Å². The second kappa shape index (κ2) is 2.37. The molecule has 0 fully saturated rings. The summed E-state index contributed by atoms with van der Waals surface area (Å²) < 4.78 is 4.77. The van der Waals surface area contributed by atoms with Crippen LogP contribution >= 0.6 is 0 Å². The Bertz CT molecular complexity index is 470. The molecule has 0 unspecified atom stereocenters. The van der Waals surface area contributed by atoms with Crippen LogP contribution in [0.25, 0.3) is 11.0 Å². The summed E-state index contributed by atoms with van der Waals surface area (Å²) in [4.78, 5) is 10.7. The molecule has 0 atom stereocenters. The molecular formula is C9H5O3. The highest BCUT2D eigenvalue weighted by atomic mass is 16.4. The second-order valence-corrected chi connectivity index (χ2v) is 2.40. The van der Waals surface area contributed by atoms with Gasteiger partial charge in [0.05, 0.1) is 6.07 Å². The number of fused-ring (bicyclic) bond motifs is 1. The van der Waals surface area contributed by atoms with Gasteiger partial charge in [-0.15, -0.1) is 0 Å². The van der Waals surface area contributed by atoms with Crippen LogP contribution in [0.2, 0.25) is 0 Å². The van der Waals surface area contributed by atoms with Gasteiger partial charge in [-0.2, -0.15) is 0 Å². The Hall–Kier alpha value is -1.77. The lowest BCUT2D eigenvalue weighted by Crippen LogP contribution is -1.94. The summed E-state index contributed by atoms with van der Waals surface area (Å²) in [7, 11) is 0. The van der Waals surface area contributed by atoms with Crippen molar-refractivity contribution in [2.75, 3.05) is 0 Å². The molecule has 0 spiro atoms. The molecule has 0 aliphatic heterocycles. The van der Waals surface area contributed by atoms with Gasteiger partial charge in [-0.1, -0.05) is 0 Å². The molecule has 2 aromatic rings. The van der Waals surface area contributed by atoms with Gasteiger partial charge in [-0.3, -0.25) is 0 Å². The summed E-state index contributed by atoms with van der Waals surface area (Å²) in [6.07, 6.45) is 0. The summed E-state index contributed by atoms with van der Waals surface area (Å²) in [6, 6.07) is 8.49. The first kappa shape index (κ1) is 6.91. The fraction of sp³-hybridized carbons (Fsp3) is 0. The lowest BCUT2D eigenvalue weighted by molar-refractivity contribution is 0.473. The number of rotatable bonds is 0. The Morgan fingerprint density at radius 3 is 3.08 bits per heavy atom. The highest BCUT2D eigenvalue weighted by Gasteiger charge is 1.97. The Kier molecular flexibility index (Phi) is 1.37. The van der Waals surface area contributed by atoms with Crippen molar-refractivity contribution in [1.82, 2.24) is 0 Å². The lowest BCUT2D eigenvalue weighted by Gasteiger charge is -1.94. The van der Waals surface area contributed by atoms with E-state index in [-0.39, 0.29) is 5.75 Å². The Balaban J connectivity index is 2.89. The van der Waals surface area contributed by atoms with Gasteiger partial charge in [0, 0.05) is 11.5 Å². The van der Waals surface area contributed by atoms with E-state index in [1.807, 2.05) is 0 Å². The fourth-order valence-electron chi connectivity index (χ4n) is 0.997. The number of benzene rings is 1. The molecule has 12 heavy (non-hydrogen) atoms. The van der Waals surface area contributed by atoms with E-state index in [9.17, 15) is 4.79 Å². The molecule has 59 valence electrons. The van der Waals surface area contributed by atoms with E-state index < -0.39 is 5.63 Å². The van der Waals surface area contributed by atoms with E-state index in [2.05, 4.69) is 6.07 Å². The molecule has 2 rings (SSSR count). The van der Waals surface area contributed by atoms with Crippen LogP contribution in [0, 0.1) is 6.07 Å². The zero-order valence-electron chi connectivity index (χ0n) is 6.07. The molecule has 0 aliphatic carbocycles. The molecule has 1 N–H and O–H groups in total. The topological polar surface area (TPSA) is 50.4 Å². The van der Waals surface area contributed by atoms with Gasteiger partial charge in [-0.25, -0.2) is 4.79 Å². The summed E-state index contributed by atoms with van der Waals surface area (Å²) in [5, 5.41) is 9.79. The quantitative estimate of drug-likeness (QED) is 0.592. The Labute approximate surface area is 67.9 Å². The number of phenols is 1. The predicted molar refractivity (Wildman–Crippen MR) is 43.0 cm³/mol. The summed E-state index contributed by atoms with van der Waals surface area (Å²) in [5.74, 6) is 0.0804. The summed E-state index contributed by atoms with van der Waals surface area (Å²) >= 11 is 0. The van der Waals surface area contributed by atoms with Crippen LogP contribution in [0.5, 0.6) is 5.75 Å². The minimum atomic E-state index is -0.534. The third-order valence-corrected chi connectivity index (χ3v) is 1.55. The highest BCUT2D eigenvalue weighted by molar-refractivity contribution is 5.77. The zero-order valence-corrected chi connectivity index (χ0v) is 6.07. The molecular weight excluding hydrogens is 156 g/mol. The molecule has 1 aromatic heterocycles. The normalized spacial score (nSPS) is 10.3. The third kappa shape index (κ3) is 1.05. The monoisotopic (exact) mass is 161 g/mol. The molecule has 1 radical (unpaired) electrons. The van der Waals surface area contributed by atoms with Crippen molar-refractivity contribution in [1.29, 1.82) is 0 Å². The first-order chi connectivity index (χ1) is 5.75. The third-order valence-electron chi connectivity index (χ3n) is 1.55. The van der Waals surface area contributed by atoms with Crippen molar-refractivity contribution in [2.24, 2.45) is 0 Å². The van der Waals surface area contributed by atoms with Gasteiger partial charge < -0.3 is 9.52 Å². The summed E-state index contributed by atoms with van der Waals surface area (Å²) in [5.41, 5.74) is -0.160. The molecule has 0 amide bonds. The standard InChI is InChI=1S/C9H5O3/c10-7-3-1-6-2-4-9(11)12-8(6)5-7/h1-3,5,10H. The van der Waals surface area contributed by atoms with E-state index in [1.165, 1.54) is 18.2 Å². The Morgan fingerprint density at radius 2 is 2.25 bits per heavy atom.